The van der Waals surface area contributed by atoms with Gasteiger partial charge in [-0.25, -0.2) is 0 Å². The lowest BCUT2D eigenvalue weighted by atomic mass is 10.3. The smallest absolute Gasteiger partial charge is 0.0929 e. The van der Waals surface area contributed by atoms with E-state index in [1.165, 1.54) is 6.26 Å². The van der Waals surface area contributed by atoms with Crippen molar-refractivity contribution in [2.45, 2.75) is 6.92 Å². The average Bonchev–Trinajstić information content (AvgIpc) is 1.83. The van der Waals surface area contributed by atoms with Crippen LogP contribution in [0.25, 0.3) is 0 Å². The molecule has 0 heterocycles. The molecule has 0 N–H and O–H groups in total. The summed E-state index contributed by atoms with van der Waals surface area (Å²) in [5.74, 6) is 0. The van der Waals surface area contributed by atoms with Crippen molar-refractivity contribution in [3.63, 3.8) is 0 Å². The zero-order chi connectivity index (χ0) is 6.41. The second-order valence-electron chi connectivity index (χ2n) is 1.37. The van der Waals surface area contributed by atoms with E-state index in [-0.39, 0.29) is 0 Å². The molecule has 8 heavy (non-hydrogen) atoms. The van der Waals surface area contributed by atoms with Crippen molar-refractivity contribution < 1.29 is 4.74 Å². The molecule has 0 rings (SSSR count). The highest BCUT2D eigenvalue weighted by molar-refractivity contribution is 5.09. The lowest BCUT2D eigenvalue weighted by molar-refractivity contribution is 0.401. The quantitative estimate of drug-likeness (QED) is 0.400. The zero-order valence-corrected chi connectivity index (χ0v) is 5.05. The third kappa shape index (κ3) is 3.22. The van der Waals surface area contributed by atoms with Crippen LogP contribution in [0.1, 0.15) is 6.92 Å². The number of ether oxygens (including phenoxy) is 1. The predicted molar refractivity (Wildman–Crippen MR) is 35.2 cm³/mol. The van der Waals surface area contributed by atoms with Crippen LogP contribution in [-0.2, 0) is 4.74 Å². The normalized spacial score (nSPS) is 10.4. The molecule has 0 saturated carbocycles. The van der Waals surface area contributed by atoms with Crippen molar-refractivity contribution in [2.75, 3.05) is 0 Å². The molecule has 44 valence electrons. The Kier molecular flexibility index (Phi) is 3.67. The summed E-state index contributed by atoms with van der Waals surface area (Å²) in [6.07, 6.45) is 4.66. The lowest BCUT2D eigenvalue weighted by Gasteiger charge is -1.88. The third-order valence-corrected chi connectivity index (χ3v) is 0.672. The molecule has 0 aromatic carbocycles. The highest BCUT2D eigenvalue weighted by atomic mass is 16.5. The largest absolute Gasteiger partial charge is 0.473 e. The van der Waals surface area contributed by atoms with Gasteiger partial charge >= 0.3 is 0 Å². The molecule has 0 aromatic rings. The lowest BCUT2D eigenvalue weighted by Crippen LogP contribution is -1.67. The summed E-state index contributed by atoms with van der Waals surface area (Å²) in [7, 11) is 0. The Bertz CT molecular complexity index is 112. The van der Waals surface area contributed by atoms with Gasteiger partial charge in [0, 0.05) is 0 Å². The SMILES string of the molecule is C=COC=C(C)C=C. The average molecular weight is 110 g/mol. The maximum Gasteiger partial charge on any atom is 0.0929 e. The molecule has 0 bridgehead atoms. The molecule has 0 aliphatic heterocycles. The van der Waals surface area contributed by atoms with E-state index >= 15 is 0 Å². The number of hydrogen-bond acceptors (Lipinski definition) is 1. The van der Waals surface area contributed by atoms with Gasteiger partial charge in [-0.1, -0.05) is 19.2 Å². The summed E-state index contributed by atoms with van der Waals surface area (Å²) >= 11 is 0. The van der Waals surface area contributed by atoms with E-state index in [4.69, 9.17) is 4.74 Å². The van der Waals surface area contributed by atoms with E-state index in [0.29, 0.717) is 0 Å². The molecular weight excluding hydrogens is 100 g/mol. The first kappa shape index (κ1) is 7.02. The summed E-state index contributed by atoms with van der Waals surface area (Å²) in [6.45, 7) is 8.80. The Morgan fingerprint density at radius 2 is 2.12 bits per heavy atom. The van der Waals surface area contributed by atoms with Gasteiger partial charge in [0.15, 0.2) is 0 Å². The topological polar surface area (TPSA) is 9.23 Å². The molecule has 0 aliphatic carbocycles. The maximum atomic E-state index is 4.72. The second kappa shape index (κ2) is 4.19. The fraction of sp³-hybridized carbons (Fsp3) is 0.143. The van der Waals surface area contributed by atoms with Gasteiger partial charge in [0.25, 0.3) is 0 Å². The molecule has 1 nitrogen and oxygen atoms in total. The molecule has 0 unspecified atom stereocenters. The first-order chi connectivity index (χ1) is 3.81. The Morgan fingerprint density at radius 1 is 1.50 bits per heavy atom. The molecule has 1 heteroatoms. The van der Waals surface area contributed by atoms with E-state index < -0.39 is 0 Å². The fourth-order valence-electron chi connectivity index (χ4n) is 0.204. The summed E-state index contributed by atoms with van der Waals surface area (Å²) in [6, 6.07) is 0. The van der Waals surface area contributed by atoms with Crippen LogP contribution in [0.2, 0.25) is 0 Å². The van der Waals surface area contributed by atoms with Gasteiger partial charge < -0.3 is 4.74 Å². The van der Waals surface area contributed by atoms with Crippen LogP contribution in [0.4, 0.5) is 0 Å². The van der Waals surface area contributed by atoms with Crippen molar-refractivity contribution in [1.29, 1.82) is 0 Å². The Balaban J connectivity index is 3.56. The minimum absolute atomic E-state index is 0.991. The van der Waals surface area contributed by atoms with Gasteiger partial charge in [0.05, 0.1) is 12.5 Å². The van der Waals surface area contributed by atoms with Crippen LogP contribution >= 0.6 is 0 Å². The van der Waals surface area contributed by atoms with Crippen molar-refractivity contribution in [2.24, 2.45) is 0 Å². The fourth-order valence-corrected chi connectivity index (χ4v) is 0.204. The van der Waals surface area contributed by atoms with Crippen LogP contribution in [0, 0.1) is 0 Å². The minimum atomic E-state index is 0.991. The summed E-state index contributed by atoms with van der Waals surface area (Å²) in [5.41, 5.74) is 0.991. The van der Waals surface area contributed by atoms with Crippen molar-refractivity contribution >= 4 is 0 Å². The second-order valence-corrected chi connectivity index (χ2v) is 1.37. The Labute approximate surface area is 50.0 Å². The predicted octanol–water partition coefficient (Wildman–Crippen LogP) is 2.24. The van der Waals surface area contributed by atoms with Crippen molar-refractivity contribution in [3.8, 4) is 0 Å². The number of allylic oxidation sites excluding steroid dienone is 2. The molecule has 0 atom stereocenters. The molecular formula is C7H10O. The third-order valence-electron chi connectivity index (χ3n) is 0.672. The molecule has 0 aliphatic rings. The summed E-state index contributed by atoms with van der Waals surface area (Å²) in [5, 5.41) is 0. The van der Waals surface area contributed by atoms with Gasteiger partial charge in [-0.15, -0.1) is 0 Å². The molecule has 0 aromatic heterocycles. The van der Waals surface area contributed by atoms with Crippen LogP contribution in [-0.4, -0.2) is 0 Å². The van der Waals surface area contributed by atoms with Crippen LogP contribution in [0.3, 0.4) is 0 Å². The monoisotopic (exact) mass is 110 g/mol. The molecule has 0 saturated heterocycles. The van der Waals surface area contributed by atoms with E-state index in [0.717, 1.165) is 5.57 Å². The van der Waals surface area contributed by atoms with Crippen molar-refractivity contribution in [3.05, 3.63) is 37.3 Å². The molecule has 0 spiro atoms. The van der Waals surface area contributed by atoms with Gasteiger partial charge in [-0.05, 0) is 12.5 Å². The maximum absolute atomic E-state index is 4.72. The molecule has 0 radical (unpaired) electrons. The van der Waals surface area contributed by atoms with E-state index in [2.05, 4.69) is 13.2 Å². The highest BCUT2D eigenvalue weighted by Gasteiger charge is 1.73. The molecule has 0 amide bonds. The first-order valence-electron chi connectivity index (χ1n) is 2.37. The standard InChI is InChI=1S/C7H10O/c1-4-7(3)6-8-5-2/h4-6H,1-2H2,3H3. The van der Waals surface area contributed by atoms with Gasteiger partial charge in [-0.2, -0.15) is 0 Å². The van der Waals surface area contributed by atoms with Crippen LogP contribution in [0.5, 0.6) is 0 Å². The Hall–Kier alpha value is -0.980. The Morgan fingerprint density at radius 3 is 2.50 bits per heavy atom. The van der Waals surface area contributed by atoms with E-state index in [9.17, 15) is 0 Å². The minimum Gasteiger partial charge on any atom is -0.473 e. The van der Waals surface area contributed by atoms with Crippen LogP contribution in [0.15, 0.2) is 37.3 Å². The first-order valence-corrected chi connectivity index (χ1v) is 2.37. The van der Waals surface area contributed by atoms with E-state index in [1.807, 2.05) is 6.92 Å². The van der Waals surface area contributed by atoms with Crippen LogP contribution < -0.4 is 0 Å². The van der Waals surface area contributed by atoms with Gasteiger partial charge in [-0.3, -0.25) is 0 Å². The summed E-state index contributed by atoms with van der Waals surface area (Å²) in [4.78, 5) is 0. The van der Waals surface area contributed by atoms with E-state index in [1.54, 1.807) is 12.3 Å². The van der Waals surface area contributed by atoms with Crippen molar-refractivity contribution in [1.82, 2.24) is 0 Å². The molecule has 0 fully saturated rings. The zero-order valence-electron chi connectivity index (χ0n) is 5.05. The number of rotatable bonds is 3. The summed E-state index contributed by atoms with van der Waals surface area (Å²) < 4.78 is 4.72. The highest BCUT2D eigenvalue weighted by Crippen LogP contribution is 1.91. The van der Waals surface area contributed by atoms with Gasteiger partial charge in [0.1, 0.15) is 0 Å². The van der Waals surface area contributed by atoms with Gasteiger partial charge in [0.2, 0.25) is 0 Å². The number of hydrogen-bond donors (Lipinski definition) is 0.